The molecular weight excluding hydrogens is 933 g/mol. The molecule has 68 heavy (non-hydrogen) atoms. The molecule has 1 atom stereocenters. The Morgan fingerprint density at radius 2 is 1.09 bits per heavy atom. The summed E-state index contributed by atoms with van der Waals surface area (Å²) in [6.45, 7) is 1.06. The van der Waals surface area contributed by atoms with E-state index in [9.17, 15) is 59.0 Å². The highest BCUT2D eigenvalue weighted by Crippen LogP contribution is 2.28. The number of nitrogens with zero attached hydrogens (tertiary/aromatic N) is 4. The van der Waals surface area contributed by atoms with Gasteiger partial charge in [0.05, 0.1) is 41.6 Å². The monoisotopic (exact) mass is 969 g/mol. The van der Waals surface area contributed by atoms with Crippen LogP contribution >= 0.6 is 0 Å². The number of benzene rings is 4. The van der Waals surface area contributed by atoms with Crippen LogP contribution in [0.5, 0.6) is 0 Å². The minimum Gasteiger partial charge on any atom is -0.481 e. The van der Waals surface area contributed by atoms with E-state index < -0.39 is 48.4 Å². The molecule has 0 aliphatic carbocycles. The first kappa shape index (κ1) is 52.4. The predicted octanol–water partition coefficient (Wildman–Crippen LogP) is 7.02. The first-order valence-corrected chi connectivity index (χ1v) is 19.2. The number of fused-ring (bicyclic) bond motifs is 3. The van der Waals surface area contributed by atoms with Crippen LogP contribution in [0.3, 0.4) is 0 Å². The number of imidazole rings is 2. The van der Waals surface area contributed by atoms with E-state index in [1.807, 2.05) is 78.9 Å². The van der Waals surface area contributed by atoms with Crippen LogP contribution in [-0.4, -0.2) is 117 Å². The van der Waals surface area contributed by atoms with Crippen LogP contribution in [0.1, 0.15) is 39.6 Å². The van der Waals surface area contributed by atoms with Crippen molar-refractivity contribution in [3.05, 3.63) is 125 Å². The van der Waals surface area contributed by atoms with Gasteiger partial charge in [-0.25, -0.2) is 24.4 Å². The number of rotatable bonds is 10. The largest absolute Gasteiger partial charge is 0.490 e. The van der Waals surface area contributed by atoms with Gasteiger partial charge in [-0.05, 0) is 60.0 Å². The average Bonchev–Trinajstić information content (AvgIpc) is 3.84. The second kappa shape index (κ2) is 22.3. The van der Waals surface area contributed by atoms with Gasteiger partial charge in [0, 0.05) is 24.3 Å². The number of alkyl halides is 9. The van der Waals surface area contributed by atoms with E-state index in [0.717, 1.165) is 33.2 Å². The maximum absolute atomic E-state index is 14.3. The number of halogens is 9. The zero-order valence-electron chi connectivity index (χ0n) is 34.5. The van der Waals surface area contributed by atoms with Crippen molar-refractivity contribution in [2.75, 3.05) is 11.9 Å². The zero-order valence-corrected chi connectivity index (χ0v) is 34.5. The standard InChI is InChI=1S/C36H33N7O4.3C2HF3O2/c44-34(45)19-31-36(47)42(17-16-23-8-2-1-3-9-23)20-25-18-24(14-15-26(25)37-31)35(46)43(21-32-38-27-10-4-5-11-28(27)39-32)22-33-40-29-12-6-7-13-30(29)41-33;3*3-2(4,5)1(6)7/h1-15,18,31,37H,16-17,19-22H2,(H,38,39)(H,40,41)(H,44,45);3*(H,6,7). The van der Waals surface area contributed by atoms with E-state index in [-0.39, 0.29) is 37.9 Å². The van der Waals surface area contributed by atoms with E-state index in [2.05, 4.69) is 15.3 Å². The predicted molar refractivity (Wildman–Crippen MR) is 219 cm³/mol. The fraction of sp³-hybridized carbons (Fsp3) is 0.238. The summed E-state index contributed by atoms with van der Waals surface area (Å²) in [6, 6.07) is 29.6. The van der Waals surface area contributed by atoms with Gasteiger partial charge in [-0.1, -0.05) is 54.6 Å². The lowest BCUT2D eigenvalue weighted by molar-refractivity contribution is -0.193. The molecule has 0 fully saturated rings. The second-order valence-electron chi connectivity index (χ2n) is 14.1. The van der Waals surface area contributed by atoms with Crippen molar-refractivity contribution in [3.8, 4) is 0 Å². The molecule has 0 radical (unpaired) electrons. The van der Waals surface area contributed by atoms with Crippen LogP contribution in [0.2, 0.25) is 0 Å². The van der Waals surface area contributed by atoms with Gasteiger partial charge in [0.15, 0.2) is 0 Å². The summed E-state index contributed by atoms with van der Waals surface area (Å²) in [5, 5.41) is 34.1. The minimum absolute atomic E-state index is 0.211. The van der Waals surface area contributed by atoms with Crippen molar-refractivity contribution in [2.45, 2.75) is 57.0 Å². The molecule has 362 valence electrons. The second-order valence-corrected chi connectivity index (χ2v) is 14.1. The van der Waals surface area contributed by atoms with Crippen LogP contribution in [0.25, 0.3) is 22.1 Å². The quantitative estimate of drug-likeness (QED) is 0.0682. The fourth-order valence-electron chi connectivity index (χ4n) is 6.07. The molecule has 3 heterocycles. The number of amides is 2. The van der Waals surface area contributed by atoms with Gasteiger partial charge in [-0.3, -0.25) is 14.4 Å². The van der Waals surface area contributed by atoms with E-state index in [0.29, 0.717) is 35.9 Å². The molecule has 0 bridgehead atoms. The van der Waals surface area contributed by atoms with Gasteiger partial charge in [0.1, 0.15) is 17.7 Å². The van der Waals surface area contributed by atoms with E-state index in [1.54, 1.807) is 28.0 Å². The van der Waals surface area contributed by atoms with Crippen molar-refractivity contribution >= 4 is 63.4 Å². The molecule has 6 aromatic rings. The summed E-state index contributed by atoms with van der Waals surface area (Å²) in [7, 11) is 0. The molecule has 1 unspecified atom stereocenters. The summed E-state index contributed by atoms with van der Waals surface area (Å²) < 4.78 is 95.2. The summed E-state index contributed by atoms with van der Waals surface area (Å²) in [4.78, 5) is 85.6. The average molecular weight is 970 g/mol. The number of anilines is 1. The lowest BCUT2D eigenvalue weighted by Crippen LogP contribution is -2.42. The number of hydrogen-bond acceptors (Lipinski definition) is 9. The first-order valence-electron chi connectivity index (χ1n) is 19.2. The Labute approximate surface area is 375 Å². The Balaban J connectivity index is 0.000000400. The Kier molecular flexibility index (Phi) is 17.2. The maximum Gasteiger partial charge on any atom is 0.490 e. The van der Waals surface area contributed by atoms with Crippen LogP contribution in [-0.2, 0) is 50.0 Å². The summed E-state index contributed by atoms with van der Waals surface area (Å²) in [6.07, 6.45) is -15.0. The Bertz CT molecular complexity index is 2540. The highest BCUT2D eigenvalue weighted by atomic mass is 19.4. The third-order valence-corrected chi connectivity index (χ3v) is 9.12. The maximum atomic E-state index is 14.3. The van der Waals surface area contributed by atoms with Crippen molar-refractivity contribution in [1.29, 1.82) is 0 Å². The molecule has 26 heteroatoms. The third-order valence-electron chi connectivity index (χ3n) is 9.12. The van der Waals surface area contributed by atoms with Crippen molar-refractivity contribution in [1.82, 2.24) is 29.7 Å². The first-order chi connectivity index (χ1) is 31.7. The Hall–Kier alpha value is -8.19. The molecular formula is C42H36F9N7O10. The molecule has 1 aliphatic heterocycles. The van der Waals surface area contributed by atoms with E-state index >= 15 is 0 Å². The highest BCUT2D eigenvalue weighted by Gasteiger charge is 2.39. The van der Waals surface area contributed by atoms with Gasteiger partial charge in [-0.15, -0.1) is 0 Å². The fourth-order valence-corrected chi connectivity index (χ4v) is 6.07. The van der Waals surface area contributed by atoms with Crippen LogP contribution in [0.4, 0.5) is 45.2 Å². The minimum atomic E-state index is -5.08. The number of aromatic amines is 2. The van der Waals surface area contributed by atoms with E-state index in [4.69, 9.17) is 39.7 Å². The summed E-state index contributed by atoms with van der Waals surface area (Å²) in [5.41, 5.74) is 6.25. The number of carboxylic acids is 4. The smallest absolute Gasteiger partial charge is 0.481 e. The van der Waals surface area contributed by atoms with Gasteiger partial charge < -0.3 is 45.5 Å². The Morgan fingerprint density at radius 3 is 1.51 bits per heavy atom. The number of aromatic nitrogens is 4. The molecule has 0 spiro atoms. The summed E-state index contributed by atoms with van der Waals surface area (Å²) >= 11 is 0. The lowest BCUT2D eigenvalue weighted by atomic mass is 10.1. The molecule has 7 rings (SSSR count). The third kappa shape index (κ3) is 15.5. The van der Waals surface area contributed by atoms with Crippen LogP contribution in [0.15, 0.2) is 97.1 Å². The zero-order chi connectivity index (χ0) is 50.6. The number of hydrogen-bond donors (Lipinski definition) is 7. The number of para-hydroxylation sites is 4. The number of carboxylic acid groups (broad SMARTS) is 4. The number of aliphatic carboxylic acids is 4. The van der Waals surface area contributed by atoms with Gasteiger partial charge in [-0.2, -0.15) is 39.5 Å². The van der Waals surface area contributed by atoms with Gasteiger partial charge in [0.2, 0.25) is 5.91 Å². The molecule has 4 aromatic carbocycles. The topological polar surface area (TPSA) is 259 Å². The van der Waals surface area contributed by atoms with E-state index in [1.165, 1.54) is 0 Å². The molecule has 7 N–H and O–H groups in total. The highest BCUT2D eigenvalue weighted by molar-refractivity contribution is 5.96. The van der Waals surface area contributed by atoms with Crippen LogP contribution in [0, 0.1) is 0 Å². The molecule has 2 aromatic heterocycles. The molecule has 0 saturated heterocycles. The summed E-state index contributed by atoms with van der Waals surface area (Å²) in [5.74, 6) is -8.58. The van der Waals surface area contributed by atoms with Gasteiger partial charge in [0.25, 0.3) is 5.91 Å². The van der Waals surface area contributed by atoms with Crippen molar-refractivity contribution in [2.24, 2.45) is 0 Å². The Morgan fingerprint density at radius 1 is 0.647 bits per heavy atom. The normalized spacial score (nSPS) is 13.5. The molecule has 2 amide bonds. The SMILES string of the molecule is O=C(O)C(F)(F)F.O=C(O)C(F)(F)F.O=C(O)C(F)(F)F.O=C(O)CC1Nc2ccc(C(=O)N(Cc3nc4ccccc4[nH]3)Cc3nc4ccccc4[nH]3)cc2CN(CCc2ccccc2)C1=O. The van der Waals surface area contributed by atoms with Gasteiger partial charge >= 0.3 is 42.4 Å². The number of nitrogens with one attached hydrogen (secondary N) is 3. The molecule has 1 aliphatic rings. The van der Waals surface area contributed by atoms with Crippen molar-refractivity contribution < 1.29 is 88.7 Å². The number of carbonyl (C=O) groups is 6. The van der Waals surface area contributed by atoms with Crippen LogP contribution < -0.4 is 5.32 Å². The molecule has 0 saturated carbocycles. The number of carbonyl (C=O) groups excluding carboxylic acids is 2. The number of H-pyrrole nitrogens is 2. The van der Waals surface area contributed by atoms with Crippen molar-refractivity contribution in [3.63, 3.8) is 0 Å². The molecule has 17 nitrogen and oxygen atoms in total. The lowest BCUT2D eigenvalue weighted by Gasteiger charge is -2.24.